The highest BCUT2D eigenvalue weighted by Gasteiger charge is 2.08. The van der Waals surface area contributed by atoms with Crippen LogP contribution >= 0.6 is 0 Å². The fraction of sp³-hybridized carbons (Fsp3) is 0.200. The predicted molar refractivity (Wildman–Crippen MR) is 81.2 cm³/mol. The zero-order valence-corrected chi connectivity index (χ0v) is 12.7. The van der Waals surface area contributed by atoms with Crippen molar-refractivity contribution in [3.8, 4) is 0 Å². The molecule has 1 heterocycles. The van der Waals surface area contributed by atoms with E-state index in [1.807, 2.05) is 56.8 Å². The van der Waals surface area contributed by atoms with Gasteiger partial charge in [-0.15, -0.1) is 5.11 Å². The Morgan fingerprint density at radius 1 is 1.14 bits per heavy atom. The van der Waals surface area contributed by atoms with E-state index in [0.717, 1.165) is 5.56 Å². The maximum atomic E-state index is 11.7. The predicted octanol–water partition coefficient (Wildman–Crippen LogP) is 1.85. The van der Waals surface area contributed by atoms with E-state index in [9.17, 15) is 4.79 Å². The largest absolute Gasteiger partial charge is 0.464 e. The molecule has 0 unspecified atom stereocenters. The van der Waals surface area contributed by atoms with Crippen LogP contribution in [0.2, 0.25) is 0 Å². The minimum Gasteiger partial charge on any atom is -0.464 e. The van der Waals surface area contributed by atoms with Crippen LogP contribution in [-0.2, 0) is 23.6 Å². The number of hydrogen-bond donors (Lipinski definition) is 0. The Balaban J connectivity index is 2.32. The molecule has 0 N–H and O–H groups in total. The van der Waals surface area contributed by atoms with E-state index in [4.69, 9.17) is 4.74 Å². The van der Waals surface area contributed by atoms with Crippen LogP contribution in [-0.4, -0.2) is 22.2 Å². The topological polar surface area (TPSA) is 73.2 Å². The minimum absolute atomic E-state index is 0.0781. The van der Waals surface area contributed by atoms with Gasteiger partial charge in [0.15, 0.2) is 5.70 Å². The molecule has 0 aliphatic rings. The number of imidazole rings is 1. The number of methoxy groups -OCH3 is 1. The zero-order chi connectivity index (χ0) is 15.9. The number of nitrogens with zero attached hydrogens (tertiary/aromatic N) is 5. The molecule has 0 atom stereocenters. The maximum absolute atomic E-state index is 11.7. The van der Waals surface area contributed by atoms with Crippen LogP contribution in [0.4, 0.5) is 0 Å². The van der Waals surface area contributed by atoms with Gasteiger partial charge in [-0.25, -0.2) is 4.79 Å². The molecule has 0 spiro atoms. The Kier molecular flexibility index (Phi) is 5.02. The van der Waals surface area contributed by atoms with Crippen LogP contribution in [0.5, 0.6) is 0 Å². The monoisotopic (exact) mass is 299 g/mol. The van der Waals surface area contributed by atoms with Gasteiger partial charge in [0, 0.05) is 26.5 Å². The average molecular weight is 299 g/mol. The van der Waals surface area contributed by atoms with Gasteiger partial charge in [-0.3, -0.25) is 0 Å². The second-order valence-electron chi connectivity index (χ2n) is 4.54. The first-order valence-corrected chi connectivity index (χ1v) is 6.59. The first kappa shape index (κ1) is 15.4. The standard InChI is InChI=1S/C15H17N5O2/c1-19-9-10-20(2)15(19)17-18-16-13(14(21)22-3)11-12-7-5-4-6-8-12/h4-11H,1-3H3/b13-11-,18-16?. The van der Waals surface area contributed by atoms with E-state index in [0.29, 0.717) is 5.62 Å². The fourth-order valence-electron chi connectivity index (χ4n) is 1.77. The molecule has 0 saturated heterocycles. The fourth-order valence-corrected chi connectivity index (χ4v) is 1.77. The third-order valence-electron chi connectivity index (χ3n) is 2.93. The summed E-state index contributed by atoms with van der Waals surface area (Å²) in [5.41, 5.74) is 1.51. The number of aromatic nitrogens is 2. The van der Waals surface area contributed by atoms with E-state index >= 15 is 0 Å². The molecule has 1 aromatic carbocycles. The van der Waals surface area contributed by atoms with Gasteiger partial charge >= 0.3 is 5.97 Å². The van der Waals surface area contributed by atoms with Gasteiger partial charge in [0.25, 0.3) is 0 Å². The van der Waals surface area contributed by atoms with E-state index in [1.165, 1.54) is 7.11 Å². The normalized spacial score (nSPS) is 11.7. The van der Waals surface area contributed by atoms with Crippen LogP contribution in [0, 0.1) is 0 Å². The van der Waals surface area contributed by atoms with Crippen molar-refractivity contribution < 1.29 is 9.53 Å². The lowest BCUT2D eigenvalue weighted by Crippen LogP contribution is -2.20. The molecule has 0 aliphatic carbocycles. The molecule has 0 radical (unpaired) electrons. The summed E-state index contributed by atoms with van der Waals surface area (Å²) in [4.78, 5) is 11.7. The maximum Gasteiger partial charge on any atom is 0.358 e. The van der Waals surface area contributed by atoms with Crippen LogP contribution in [0.15, 0.2) is 63.9 Å². The van der Waals surface area contributed by atoms with E-state index < -0.39 is 5.97 Å². The number of rotatable bonds is 4. The lowest BCUT2D eigenvalue weighted by atomic mass is 10.2. The van der Waals surface area contributed by atoms with Crippen molar-refractivity contribution in [2.75, 3.05) is 7.11 Å². The summed E-state index contributed by atoms with van der Waals surface area (Å²) in [6, 6.07) is 9.33. The van der Waals surface area contributed by atoms with Crippen LogP contribution in [0.3, 0.4) is 0 Å². The summed E-state index contributed by atoms with van der Waals surface area (Å²) in [6.07, 6.45) is 5.28. The highest BCUT2D eigenvalue weighted by atomic mass is 16.5. The molecule has 1 aromatic heterocycles. The molecule has 0 aliphatic heterocycles. The van der Waals surface area contributed by atoms with Crippen molar-refractivity contribution in [2.24, 2.45) is 29.5 Å². The Morgan fingerprint density at radius 2 is 1.77 bits per heavy atom. The first-order chi connectivity index (χ1) is 10.6. The summed E-state index contributed by atoms with van der Waals surface area (Å²) < 4.78 is 8.29. The minimum atomic E-state index is -0.570. The lowest BCUT2D eigenvalue weighted by Gasteiger charge is -1.98. The molecular formula is C15H17N5O2. The van der Waals surface area contributed by atoms with Crippen molar-refractivity contribution in [1.29, 1.82) is 0 Å². The summed E-state index contributed by atoms with van der Waals surface area (Å²) in [7, 11) is 4.98. The molecule has 22 heavy (non-hydrogen) atoms. The van der Waals surface area contributed by atoms with Crippen molar-refractivity contribution in [3.05, 3.63) is 59.6 Å². The number of esters is 1. The number of carbonyl (C=O) groups is 1. The van der Waals surface area contributed by atoms with Crippen LogP contribution in [0.1, 0.15) is 5.56 Å². The molecule has 0 amide bonds. The van der Waals surface area contributed by atoms with Gasteiger partial charge in [-0.1, -0.05) is 35.4 Å². The highest BCUT2D eigenvalue weighted by Crippen LogP contribution is 2.09. The van der Waals surface area contributed by atoms with Crippen LogP contribution in [0.25, 0.3) is 6.08 Å². The van der Waals surface area contributed by atoms with Gasteiger partial charge in [0.2, 0.25) is 5.62 Å². The van der Waals surface area contributed by atoms with Gasteiger partial charge < -0.3 is 13.9 Å². The summed E-state index contributed by atoms with van der Waals surface area (Å²) in [6.45, 7) is 0. The molecule has 7 nitrogen and oxygen atoms in total. The molecule has 0 saturated carbocycles. The van der Waals surface area contributed by atoms with E-state index in [-0.39, 0.29) is 5.70 Å². The number of aryl methyl sites for hydroxylation is 2. The molecule has 2 rings (SSSR count). The van der Waals surface area contributed by atoms with Crippen molar-refractivity contribution in [3.63, 3.8) is 0 Å². The second-order valence-corrected chi connectivity index (χ2v) is 4.54. The Hall–Kier alpha value is -2.96. The molecule has 0 bridgehead atoms. The van der Waals surface area contributed by atoms with Gasteiger partial charge in [-0.05, 0) is 16.9 Å². The molecular weight excluding hydrogens is 282 g/mol. The van der Waals surface area contributed by atoms with Crippen LogP contribution < -0.4 is 5.62 Å². The zero-order valence-electron chi connectivity index (χ0n) is 12.7. The first-order valence-electron chi connectivity index (χ1n) is 6.59. The van der Waals surface area contributed by atoms with Crippen molar-refractivity contribution >= 4 is 12.0 Å². The SMILES string of the molecule is COC(=O)/C(=C/c1ccccc1)N=NN=c1n(C)ccn1C. The molecule has 0 fully saturated rings. The molecule has 2 aromatic rings. The van der Waals surface area contributed by atoms with E-state index in [1.54, 1.807) is 15.2 Å². The second kappa shape index (κ2) is 7.16. The van der Waals surface area contributed by atoms with Gasteiger partial charge in [-0.2, -0.15) is 0 Å². The number of ether oxygens (including phenoxy) is 1. The number of hydrogen-bond acceptors (Lipinski definition) is 4. The number of carbonyl (C=O) groups excluding carboxylic acids is 1. The molecule has 114 valence electrons. The average Bonchev–Trinajstić information content (AvgIpc) is 2.86. The quantitative estimate of drug-likeness (QED) is 0.374. The summed E-state index contributed by atoms with van der Waals surface area (Å²) in [5.74, 6) is -0.570. The van der Waals surface area contributed by atoms with Crippen molar-refractivity contribution in [1.82, 2.24) is 9.13 Å². The summed E-state index contributed by atoms with van der Waals surface area (Å²) >= 11 is 0. The molecule has 7 heteroatoms. The lowest BCUT2D eigenvalue weighted by molar-refractivity contribution is -0.136. The summed E-state index contributed by atoms with van der Waals surface area (Å²) in [5, 5.41) is 11.6. The third-order valence-corrected chi connectivity index (χ3v) is 2.93. The Labute approximate surface area is 127 Å². The number of benzene rings is 1. The van der Waals surface area contributed by atoms with E-state index in [2.05, 4.69) is 15.4 Å². The van der Waals surface area contributed by atoms with Gasteiger partial charge in [0.1, 0.15) is 0 Å². The Morgan fingerprint density at radius 3 is 2.36 bits per heavy atom. The third kappa shape index (κ3) is 3.78. The highest BCUT2D eigenvalue weighted by molar-refractivity contribution is 5.93. The van der Waals surface area contributed by atoms with Gasteiger partial charge in [0.05, 0.1) is 7.11 Å². The van der Waals surface area contributed by atoms with Crippen molar-refractivity contribution in [2.45, 2.75) is 0 Å². The Bertz CT molecular complexity index is 746. The smallest absolute Gasteiger partial charge is 0.358 e.